The summed E-state index contributed by atoms with van der Waals surface area (Å²) < 4.78 is 5.14. The Kier molecular flexibility index (Phi) is 3.68. The van der Waals surface area contributed by atoms with Gasteiger partial charge in [-0.05, 0) is 43.5 Å². The Labute approximate surface area is 129 Å². The summed E-state index contributed by atoms with van der Waals surface area (Å²) in [7, 11) is 1.61. The summed E-state index contributed by atoms with van der Waals surface area (Å²) in [6.45, 7) is 1.58. The summed E-state index contributed by atoms with van der Waals surface area (Å²) in [5.41, 5.74) is 0.495. The van der Waals surface area contributed by atoms with Gasteiger partial charge in [0.25, 0.3) is 0 Å². The van der Waals surface area contributed by atoms with E-state index in [0.29, 0.717) is 32.5 Å². The van der Waals surface area contributed by atoms with E-state index in [2.05, 4.69) is 0 Å². The van der Waals surface area contributed by atoms with E-state index in [1.807, 2.05) is 29.2 Å². The zero-order valence-electron chi connectivity index (χ0n) is 12.6. The van der Waals surface area contributed by atoms with Crippen LogP contribution in [0.3, 0.4) is 0 Å². The van der Waals surface area contributed by atoms with Gasteiger partial charge >= 0.3 is 6.09 Å². The summed E-state index contributed by atoms with van der Waals surface area (Å²) in [6, 6.07) is 7.48. The molecule has 0 unspecified atom stereocenters. The Morgan fingerprint density at radius 2 is 1.73 bits per heavy atom. The van der Waals surface area contributed by atoms with Crippen molar-refractivity contribution < 1.29 is 19.4 Å². The zero-order valence-corrected chi connectivity index (χ0v) is 12.6. The molecule has 22 heavy (non-hydrogen) atoms. The van der Waals surface area contributed by atoms with Crippen molar-refractivity contribution >= 4 is 17.7 Å². The number of methoxy groups -OCH3 is 1. The molecule has 0 saturated carbocycles. The predicted molar refractivity (Wildman–Crippen MR) is 81.2 cm³/mol. The first-order valence-electron chi connectivity index (χ1n) is 7.50. The number of hydrogen-bond acceptors (Lipinski definition) is 3. The van der Waals surface area contributed by atoms with E-state index in [-0.39, 0.29) is 11.3 Å². The van der Waals surface area contributed by atoms with Gasteiger partial charge in [0.1, 0.15) is 5.75 Å². The Morgan fingerprint density at radius 3 is 2.27 bits per heavy atom. The van der Waals surface area contributed by atoms with Crippen LogP contribution < -0.4 is 9.64 Å². The molecule has 3 rings (SSSR count). The van der Waals surface area contributed by atoms with Crippen LogP contribution >= 0.6 is 0 Å². The summed E-state index contributed by atoms with van der Waals surface area (Å²) in [4.78, 5) is 27.1. The van der Waals surface area contributed by atoms with Crippen LogP contribution in [0.4, 0.5) is 10.5 Å². The number of carboxylic acid groups (broad SMARTS) is 1. The van der Waals surface area contributed by atoms with Gasteiger partial charge in [-0.1, -0.05) is 0 Å². The first kappa shape index (κ1) is 14.7. The van der Waals surface area contributed by atoms with E-state index < -0.39 is 6.09 Å². The number of ether oxygens (including phenoxy) is 1. The maximum absolute atomic E-state index is 12.8. The molecule has 2 fully saturated rings. The van der Waals surface area contributed by atoms with Crippen molar-refractivity contribution in [1.82, 2.24) is 4.90 Å². The number of amides is 2. The molecule has 2 saturated heterocycles. The maximum atomic E-state index is 12.8. The summed E-state index contributed by atoms with van der Waals surface area (Å²) in [5, 5.41) is 9.03. The highest BCUT2D eigenvalue weighted by Crippen LogP contribution is 2.43. The predicted octanol–water partition coefficient (Wildman–Crippen LogP) is 2.19. The Morgan fingerprint density at radius 1 is 1.14 bits per heavy atom. The topological polar surface area (TPSA) is 70.1 Å². The van der Waals surface area contributed by atoms with E-state index in [9.17, 15) is 9.59 Å². The zero-order chi connectivity index (χ0) is 15.7. The fourth-order valence-electron chi connectivity index (χ4n) is 3.42. The molecule has 1 spiro atoms. The molecule has 0 aliphatic carbocycles. The molecule has 2 aliphatic rings. The number of benzene rings is 1. The minimum Gasteiger partial charge on any atom is -0.497 e. The van der Waals surface area contributed by atoms with Crippen LogP contribution in [0.1, 0.15) is 19.3 Å². The van der Waals surface area contributed by atoms with Crippen LogP contribution in [-0.2, 0) is 4.79 Å². The van der Waals surface area contributed by atoms with Gasteiger partial charge in [-0.25, -0.2) is 4.79 Å². The SMILES string of the molecule is COc1ccc(N2CCC3(CCN(C(=O)O)CC3)C2=O)cc1. The lowest BCUT2D eigenvalue weighted by Crippen LogP contribution is -2.46. The first-order valence-corrected chi connectivity index (χ1v) is 7.50. The number of carbonyl (C=O) groups excluding carboxylic acids is 1. The lowest BCUT2D eigenvalue weighted by atomic mass is 9.77. The molecule has 1 N–H and O–H groups in total. The van der Waals surface area contributed by atoms with Gasteiger partial charge in [-0.3, -0.25) is 4.79 Å². The smallest absolute Gasteiger partial charge is 0.407 e. The van der Waals surface area contributed by atoms with Crippen LogP contribution in [0.25, 0.3) is 0 Å². The average molecular weight is 304 g/mol. The van der Waals surface area contributed by atoms with Crippen molar-refractivity contribution in [2.75, 3.05) is 31.6 Å². The molecule has 118 valence electrons. The molecule has 2 amide bonds. The Balaban J connectivity index is 1.73. The summed E-state index contributed by atoms with van der Waals surface area (Å²) in [6.07, 6.45) is 1.13. The summed E-state index contributed by atoms with van der Waals surface area (Å²) in [5.74, 6) is 0.891. The summed E-state index contributed by atoms with van der Waals surface area (Å²) >= 11 is 0. The fourth-order valence-corrected chi connectivity index (χ4v) is 3.42. The lowest BCUT2D eigenvalue weighted by molar-refractivity contribution is -0.127. The van der Waals surface area contributed by atoms with Crippen LogP contribution in [0.15, 0.2) is 24.3 Å². The molecule has 6 nitrogen and oxygen atoms in total. The second kappa shape index (κ2) is 5.51. The third-order valence-electron chi connectivity index (χ3n) is 4.89. The molecule has 2 aliphatic heterocycles. The van der Waals surface area contributed by atoms with Crippen molar-refractivity contribution in [2.45, 2.75) is 19.3 Å². The third-order valence-corrected chi connectivity index (χ3v) is 4.89. The van der Waals surface area contributed by atoms with Gasteiger partial charge in [-0.15, -0.1) is 0 Å². The van der Waals surface area contributed by atoms with E-state index in [1.165, 1.54) is 4.90 Å². The quantitative estimate of drug-likeness (QED) is 0.909. The number of hydrogen-bond donors (Lipinski definition) is 1. The number of rotatable bonds is 2. The molecule has 0 bridgehead atoms. The molecule has 2 heterocycles. The molecule has 0 radical (unpaired) electrons. The van der Waals surface area contributed by atoms with E-state index in [1.54, 1.807) is 7.11 Å². The minimum atomic E-state index is -0.896. The molecule has 1 aromatic carbocycles. The lowest BCUT2D eigenvalue weighted by Gasteiger charge is -2.36. The molecule has 0 atom stereocenters. The standard InChI is InChI=1S/C16H20N2O4/c1-22-13-4-2-12(3-5-13)18-11-8-16(14(18)19)6-9-17(10-7-16)15(20)21/h2-5H,6-11H2,1H3,(H,20,21). The molecule has 1 aromatic rings. The van der Waals surface area contributed by atoms with E-state index in [4.69, 9.17) is 9.84 Å². The second-order valence-corrected chi connectivity index (χ2v) is 5.95. The van der Waals surface area contributed by atoms with E-state index >= 15 is 0 Å². The van der Waals surface area contributed by atoms with Crippen molar-refractivity contribution in [3.8, 4) is 5.75 Å². The molecule has 0 aromatic heterocycles. The number of piperidine rings is 1. The average Bonchev–Trinajstić information content (AvgIpc) is 2.85. The third kappa shape index (κ3) is 2.38. The highest BCUT2D eigenvalue weighted by molar-refractivity contribution is 6.00. The second-order valence-electron chi connectivity index (χ2n) is 5.95. The Bertz CT molecular complexity index is 576. The fraction of sp³-hybridized carbons (Fsp3) is 0.500. The van der Waals surface area contributed by atoms with Gasteiger partial charge in [-0.2, -0.15) is 0 Å². The molecular formula is C16H20N2O4. The van der Waals surface area contributed by atoms with Gasteiger partial charge in [0, 0.05) is 25.3 Å². The van der Waals surface area contributed by atoms with Crippen molar-refractivity contribution in [3.63, 3.8) is 0 Å². The van der Waals surface area contributed by atoms with Gasteiger partial charge in [0.2, 0.25) is 5.91 Å². The minimum absolute atomic E-state index is 0.128. The normalized spacial score (nSPS) is 20.5. The molecule has 6 heteroatoms. The highest BCUT2D eigenvalue weighted by atomic mass is 16.5. The van der Waals surface area contributed by atoms with Crippen LogP contribution in [0.2, 0.25) is 0 Å². The van der Waals surface area contributed by atoms with Crippen molar-refractivity contribution in [2.24, 2.45) is 5.41 Å². The van der Waals surface area contributed by atoms with Crippen LogP contribution in [0.5, 0.6) is 5.75 Å². The number of carbonyl (C=O) groups is 2. The first-order chi connectivity index (χ1) is 10.6. The van der Waals surface area contributed by atoms with E-state index in [0.717, 1.165) is 17.9 Å². The van der Waals surface area contributed by atoms with Crippen LogP contribution in [0, 0.1) is 5.41 Å². The van der Waals surface area contributed by atoms with Gasteiger partial charge in [0.15, 0.2) is 0 Å². The maximum Gasteiger partial charge on any atom is 0.407 e. The highest BCUT2D eigenvalue weighted by Gasteiger charge is 2.48. The Hall–Kier alpha value is -2.24. The number of anilines is 1. The largest absolute Gasteiger partial charge is 0.497 e. The van der Waals surface area contributed by atoms with Crippen molar-refractivity contribution in [3.05, 3.63) is 24.3 Å². The van der Waals surface area contributed by atoms with Gasteiger partial charge in [0.05, 0.1) is 12.5 Å². The number of likely N-dealkylation sites (tertiary alicyclic amines) is 1. The van der Waals surface area contributed by atoms with Crippen LogP contribution in [-0.4, -0.2) is 48.8 Å². The molecular weight excluding hydrogens is 284 g/mol. The number of nitrogens with zero attached hydrogens (tertiary/aromatic N) is 2. The monoisotopic (exact) mass is 304 g/mol. The van der Waals surface area contributed by atoms with Crippen molar-refractivity contribution in [1.29, 1.82) is 0 Å². The van der Waals surface area contributed by atoms with Gasteiger partial charge < -0.3 is 19.6 Å².